The number of rotatable bonds is 4. The SMILES string of the molecule is C=C/C=C\C(C)=C/Cc1cccc(C)c1. The molecule has 78 valence electrons. The fraction of sp³-hybridized carbons (Fsp3) is 0.200. The van der Waals surface area contributed by atoms with E-state index in [4.69, 9.17) is 0 Å². The summed E-state index contributed by atoms with van der Waals surface area (Å²) in [4.78, 5) is 0. The summed E-state index contributed by atoms with van der Waals surface area (Å²) in [7, 11) is 0. The standard InChI is InChI=1S/C15H18/c1-4-5-7-13(2)10-11-15-9-6-8-14(3)12-15/h4-10,12H,1,11H2,2-3H3/b7-5-,13-10-. The van der Waals surface area contributed by atoms with Crippen LogP contribution < -0.4 is 0 Å². The molecule has 0 spiro atoms. The van der Waals surface area contributed by atoms with E-state index >= 15 is 0 Å². The predicted molar refractivity (Wildman–Crippen MR) is 68.0 cm³/mol. The first-order valence-electron chi connectivity index (χ1n) is 5.24. The Morgan fingerprint density at radius 2 is 2.20 bits per heavy atom. The molecule has 0 radical (unpaired) electrons. The molecule has 1 rings (SSSR count). The average Bonchev–Trinajstić information content (AvgIpc) is 2.23. The zero-order valence-electron chi connectivity index (χ0n) is 9.53. The van der Waals surface area contributed by atoms with E-state index in [1.54, 1.807) is 6.08 Å². The van der Waals surface area contributed by atoms with Gasteiger partial charge in [0, 0.05) is 0 Å². The molecule has 0 heterocycles. The molecule has 0 bridgehead atoms. The zero-order chi connectivity index (χ0) is 11.1. The minimum atomic E-state index is 0.995. The minimum absolute atomic E-state index is 0.995. The quantitative estimate of drug-likeness (QED) is 0.635. The molecule has 1 aromatic carbocycles. The Bertz CT molecular complexity index is 381. The molecule has 0 aliphatic rings. The normalized spacial score (nSPS) is 12.0. The Kier molecular flexibility index (Phi) is 4.62. The van der Waals surface area contributed by atoms with Crippen LogP contribution >= 0.6 is 0 Å². The van der Waals surface area contributed by atoms with Crippen molar-refractivity contribution in [3.63, 3.8) is 0 Å². The third kappa shape index (κ3) is 4.46. The Hall–Kier alpha value is -1.56. The molecule has 0 nitrogen and oxygen atoms in total. The summed E-state index contributed by atoms with van der Waals surface area (Å²) in [6, 6.07) is 8.61. The van der Waals surface area contributed by atoms with E-state index in [0.29, 0.717) is 0 Å². The molecule has 0 saturated carbocycles. The first-order chi connectivity index (χ1) is 7.22. The highest BCUT2D eigenvalue weighted by Crippen LogP contribution is 2.07. The van der Waals surface area contributed by atoms with Crippen molar-refractivity contribution in [1.82, 2.24) is 0 Å². The maximum atomic E-state index is 3.65. The Labute approximate surface area is 92.6 Å². The maximum absolute atomic E-state index is 3.65. The number of hydrogen-bond donors (Lipinski definition) is 0. The molecule has 0 atom stereocenters. The highest BCUT2D eigenvalue weighted by Gasteiger charge is 1.90. The molecule has 15 heavy (non-hydrogen) atoms. The number of aryl methyl sites for hydroxylation is 1. The highest BCUT2D eigenvalue weighted by molar-refractivity contribution is 5.27. The first kappa shape index (κ1) is 11.5. The fourth-order valence-corrected chi connectivity index (χ4v) is 1.41. The van der Waals surface area contributed by atoms with Gasteiger partial charge in [-0.1, -0.05) is 66.3 Å². The van der Waals surface area contributed by atoms with Gasteiger partial charge in [0.1, 0.15) is 0 Å². The first-order valence-corrected chi connectivity index (χ1v) is 5.24. The van der Waals surface area contributed by atoms with Crippen molar-refractivity contribution in [2.45, 2.75) is 20.3 Å². The van der Waals surface area contributed by atoms with Crippen molar-refractivity contribution < 1.29 is 0 Å². The second kappa shape index (κ2) is 6.02. The second-order valence-corrected chi connectivity index (χ2v) is 3.74. The Balaban J connectivity index is 2.63. The van der Waals surface area contributed by atoms with Gasteiger partial charge < -0.3 is 0 Å². The molecule has 0 saturated heterocycles. The van der Waals surface area contributed by atoms with Crippen LogP contribution in [0.3, 0.4) is 0 Å². The van der Waals surface area contributed by atoms with Crippen molar-refractivity contribution in [2.24, 2.45) is 0 Å². The van der Waals surface area contributed by atoms with Gasteiger partial charge >= 0.3 is 0 Å². The predicted octanol–water partition coefficient (Wildman–Crippen LogP) is 4.23. The molecule has 0 aliphatic heterocycles. The summed E-state index contributed by atoms with van der Waals surface area (Å²) in [6.45, 7) is 7.88. The smallest absolute Gasteiger partial charge is 0.00916 e. The van der Waals surface area contributed by atoms with Crippen LogP contribution in [-0.4, -0.2) is 0 Å². The van der Waals surface area contributed by atoms with Crippen LogP contribution in [0.15, 0.2) is 60.7 Å². The van der Waals surface area contributed by atoms with Crippen molar-refractivity contribution >= 4 is 0 Å². The number of benzene rings is 1. The van der Waals surface area contributed by atoms with Gasteiger partial charge in [-0.05, 0) is 25.8 Å². The highest BCUT2D eigenvalue weighted by atomic mass is 14.0. The van der Waals surface area contributed by atoms with Crippen molar-refractivity contribution in [3.8, 4) is 0 Å². The zero-order valence-corrected chi connectivity index (χ0v) is 9.53. The summed E-state index contributed by atoms with van der Waals surface area (Å²) in [6.07, 6.45) is 9.05. The Morgan fingerprint density at radius 3 is 2.87 bits per heavy atom. The van der Waals surface area contributed by atoms with Crippen LogP contribution in [0.25, 0.3) is 0 Å². The molecule has 0 aliphatic carbocycles. The molecule has 0 fully saturated rings. The van der Waals surface area contributed by atoms with Crippen molar-refractivity contribution in [2.75, 3.05) is 0 Å². The minimum Gasteiger partial charge on any atom is -0.0991 e. The molecule has 0 unspecified atom stereocenters. The topological polar surface area (TPSA) is 0 Å². The van der Waals surface area contributed by atoms with Crippen LogP contribution in [0.2, 0.25) is 0 Å². The number of allylic oxidation sites excluding steroid dienone is 5. The van der Waals surface area contributed by atoms with Gasteiger partial charge in [-0.15, -0.1) is 0 Å². The Morgan fingerprint density at radius 1 is 1.40 bits per heavy atom. The van der Waals surface area contributed by atoms with Crippen LogP contribution in [0.5, 0.6) is 0 Å². The van der Waals surface area contributed by atoms with Gasteiger partial charge in [-0.3, -0.25) is 0 Å². The summed E-state index contributed by atoms with van der Waals surface area (Å²) < 4.78 is 0. The van der Waals surface area contributed by atoms with E-state index in [1.165, 1.54) is 16.7 Å². The summed E-state index contributed by atoms with van der Waals surface area (Å²) >= 11 is 0. The summed E-state index contributed by atoms with van der Waals surface area (Å²) in [5.41, 5.74) is 3.96. The average molecular weight is 198 g/mol. The largest absolute Gasteiger partial charge is 0.0991 e. The molecular weight excluding hydrogens is 180 g/mol. The lowest BCUT2D eigenvalue weighted by Crippen LogP contribution is -1.83. The lowest BCUT2D eigenvalue weighted by molar-refractivity contribution is 1.22. The third-order valence-electron chi connectivity index (χ3n) is 2.24. The molecule has 0 heteroatoms. The fourth-order valence-electron chi connectivity index (χ4n) is 1.41. The van der Waals surface area contributed by atoms with Gasteiger partial charge in [-0.25, -0.2) is 0 Å². The summed E-state index contributed by atoms with van der Waals surface area (Å²) in [5, 5.41) is 0. The molecule has 0 N–H and O–H groups in total. The molecular formula is C15H18. The van der Waals surface area contributed by atoms with E-state index in [9.17, 15) is 0 Å². The van der Waals surface area contributed by atoms with E-state index in [1.807, 2.05) is 6.08 Å². The lowest BCUT2D eigenvalue weighted by Gasteiger charge is -1.98. The van der Waals surface area contributed by atoms with Gasteiger partial charge in [0.2, 0.25) is 0 Å². The van der Waals surface area contributed by atoms with Crippen LogP contribution in [0.4, 0.5) is 0 Å². The van der Waals surface area contributed by atoms with E-state index in [0.717, 1.165) is 6.42 Å². The molecule has 0 aromatic heterocycles. The van der Waals surface area contributed by atoms with Crippen molar-refractivity contribution in [1.29, 1.82) is 0 Å². The monoisotopic (exact) mass is 198 g/mol. The molecule has 1 aromatic rings. The van der Waals surface area contributed by atoms with Gasteiger partial charge in [0.15, 0.2) is 0 Å². The van der Waals surface area contributed by atoms with Gasteiger partial charge in [0.05, 0.1) is 0 Å². The summed E-state index contributed by atoms with van der Waals surface area (Å²) in [5.74, 6) is 0. The van der Waals surface area contributed by atoms with Crippen LogP contribution in [-0.2, 0) is 6.42 Å². The van der Waals surface area contributed by atoms with Crippen LogP contribution in [0.1, 0.15) is 18.1 Å². The van der Waals surface area contributed by atoms with Crippen LogP contribution in [0, 0.1) is 6.92 Å². The van der Waals surface area contributed by atoms with E-state index < -0.39 is 0 Å². The second-order valence-electron chi connectivity index (χ2n) is 3.74. The maximum Gasteiger partial charge on any atom is -0.00916 e. The van der Waals surface area contributed by atoms with E-state index in [-0.39, 0.29) is 0 Å². The molecule has 0 amide bonds. The van der Waals surface area contributed by atoms with Gasteiger partial charge in [-0.2, -0.15) is 0 Å². The van der Waals surface area contributed by atoms with E-state index in [2.05, 4.69) is 56.8 Å². The lowest BCUT2D eigenvalue weighted by atomic mass is 10.1. The van der Waals surface area contributed by atoms with Gasteiger partial charge in [0.25, 0.3) is 0 Å². The third-order valence-corrected chi connectivity index (χ3v) is 2.24. The van der Waals surface area contributed by atoms with Crippen molar-refractivity contribution in [3.05, 3.63) is 71.8 Å². The number of hydrogen-bond acceptors (Lipinski definition) is 0.